The van der Waals surface area contributed by atoms with Crippen molar-refractivity contribution in [3.8, 4) is 0 Å². The van der Waals surface area contributed by atoms with Gasteiger partial charge in [0, 0.05) is 13.1 Å². The van der Waals surface area contributed by atoms with Gasteiger partial charge in [0.15, 0.2) is 5.54 Å². The van der Waals surface area contributed by atoms with Crippen LogP contribution in [0.3, 0.4) is 0 Å². The number of carboxylic acids is 1. The summed E-state index contributed by atoms with van der Waals surface area (Å²) in [5, 5.41) is 9.43. The summed E-state index contributed by atoms with van der Waals surface area (Å²) in [6.07, 6.45) is 1.36. The largest absolute Gasteiger partial charge is 0.479 e. The van der Waals surface area contributed by atoms with E-state index in [4.69, 9.17) is 10.5 Å². The first-order chi connectivity index (χ1) is 10.5. The quantitative estimate of drug-likeness (QED) is 0.753. The van der Waals surface area contributed by atoms with E-state index in [1.807, 2.05) is 30.3 Å². The molecule has 1 saturated heterocycles. The Balaban J connectivity index is 1.98. The van der Waals surface area contributed by atoms with Crippen LogP contribution in [0, 0.1) is 0 Å². The molecule has 22 heavy (non-hydrogen) atoms. The summed E-state index contributed by atoms with van der Waals surface area (Å²) >= 11 is 0. The molecule has 1 aromatic rings. The standard InChI is InChI=1S/C16H22N2O4/c17-16(15(20)21,14(19)18-9-11-22-12-10-18)8-4-7-13-5-2-1-3-6-13/h1-3,5-6H,4,7-12,17H2,(H,20,21). The van der Waals surface area contributed by atoms with E-state index in [2.05, 4.69) is 0 Å². The fraction of sp³-hybridized carbons (Fsp3) is 0.500. The van der Waals surface area contributed by atoms with Gasteiger partial charge in [0.1, 0.15) is 0 Å². The van der Waals surface area contributed by atoms with Gasteiger partial charge in [0.2, 0.25) is 0 Å². The summed E-state index contributed by atoms with van der Waals surface area (Å²) in [6, 6.07) is 9.74. The lowest BCUT2D eigenvalue weighted by Gasteiger charge is -2.33. The number of ether oxygens (including phenoxy) is 1. The second-order valence-corrected chi connectivity index (χ2v) is 5.52. The zero-order valence-corrected chi connectivity index (χ0v) is 12.5. The highest BCUT2D eigenvalue weighted by atomic mass is 16.5. The Morgan fingerprint density at radius 1 is 1.23 bits per heavy atom. The van der Waals surface area contributed by atoms with Crippen molar-refractivity contribution in [2.75, 3.05) is 26.3 Å². The molecule has 1 fully saturated rings. The maximum Gasteiger partial charge on any atom is 0.333 e. The number of rotatable bonds is 6. The SMILES string of the molecule is NC(CCCc1ccccc1)(C(=O)O)C(=O)N1CCOCC1. The summed E-state index contributed by atoms with van der Waals surface area (Å²) in [4.78, 5) is 25.5. The second-order valence-electron chi connectivity index (χ2n) is 5.52. The van der Waals surface area contributed by atoms with Gasteiger partial charge in [-0.1, -0.05) is 30.3 Å². The number of aryl methyl sites for hydroxylation is 1. The number of benzene rings is 1. The molecule has 0 saturated carbocycles. The Hall–Kier alpha value is -1.92. The minimum absolute atomic E-state index is 0.118. The van der Waals surface area contributed by atoms with Crippen LogP contribution < -0.4 is 5.73 Å². The van der Waals surface area contributed by atoms with Gasteiger partial charge in [-0.3, -0.25) is 4.79 Å². The van der Waals surface area contributed by atoms with Crippen LogP contribution in [0.2, 0.25) is 0 Å². The van der Waals surface area contributed by atoms with Gasteiger partial charge < -0.3 is 20.5 Å². The van der Waals surface area contributed by atoms with Crippen molar-refractivity contribution < 1.29 is 19.4 Å². The molecule has 6 nitrogen and oxygen atoms in total. The van der Waals surface area contributed by atoms with Crippen LogP contribution in [0.25, 0.3) is 0 Å². The molecule has 0 aromatic heterocycles. The van der Waals surface area contributed by atoms with Crippen molar-refractivity contribution in [2.24, 2.45) is 5.73 Å². The number of nitrogens with zero attached hydrogens (tertiary/aromatic N) is 1. The molecule has 3 N–H and O–H groups in total. The van der Waals surface area contributed by atoms with Gasteiger partial charge in [0.25, 0.3) is 5.91 Å². The first kappa shape index (κ1) is 16.5. The number of carbonyl (C=O) groups excluding carboxylic acids is 1. The minimum Gasteiger partial charge on any atom is -0.479 e. The van der Waals surface area contributed by atoms with E-state index in [-0.39, 0.29) is 6.42 Å². The van der Waals surface area contributed by atoms with E-state index >= 15 is 0 Å². The van der Waals surface area contributed by atoms with Crippen LogP contribution in [-0.4, -0.2) is 53.7 Å². The number of carbonyl (C=O) groups is 2. The molecule has 6 heteroatoms. The number of hydrogen-bond donors (Lipinski definition) is 2. The van der Waals surface area contributed by atoms with E-state index in [1.165, 1.54) is 4.90 Å². The average Bonchev–Trinajstić information content (AvgIpc) is 2.55. The summed E-state index contributed by atoms with van der Waals surface area (Å²) in [7, 11) is 0. The highest BCUT2D eigenvalue weighted by molar-refractivity contribution is 6.06. The van der Waals surface area contributed by atoms with Crippen LogP contribution >= 0.6 is 0 Å². The third-order valence-electron chi connectivity index (χ3n) is 3.94. The van der Waals surface area contributed by atoms with Crippen LogP contribution in [0.15, 0.2) is 30.3 Å². The molecule has 0 bridgehead atoms. The van der Waals surface area contributed by atoms with Crippen molar-refractivity contribution in [3.05, 3.63) is 35.9 Å². The molecule has 1 unspecified atom stereocenters. The Labute approximate surface area is 129 Å². The monoisotopic (exact) mass is 306 g/mol. The topological polar surface area (TPSA) is 92.9 Å². The van der Waals surface area contributed by atoms with Crippen molar-refractivity contribution in [3.63, 3.8) is 0 Å². The zero-order valence-electron chi connectivity index (χ0n) is 12.5. The summed E-state index contributed by atoms with van der Waals surface area (Å²) < 4.78 is 5.18. The Bertz CT molecular complexity index is 514. The molecule has 1 aromatic carbocycles. The predicted octanol–water partition coefficient (Wildman–Crippen LogP) is 0.650. The molecule has 1 aliphatic rings. The number of carboxylic acid groups (broad SMARTS) is 1. The molecule has 0 spiro atoms. The lowest BCUT2D eigenvalue weighted by Crippen LogP contribution is -2.62. The van der Waals surface area contributed by atoms with Gasteiger partial charge in [-0.05, 0) is 24.8 Å². The Morgan fingerprint density at radius 2 is 1.86 bits per heavy atom. The van der Waals surface area contributed by atoms with Crippen LogP contribution in [0.5, 0.6) is 0 Å². The van der Waals surface area contributed by atoms with Gasteiger partial charge in [0.05, 0.1) is 13.2 Å². The molecule has 1 aliphatic heterocycles. The Morgan fingerprint density at radius 3 is 2.45 bits per heavy atom. The second kappa shape index (κ2) is 7.38. The fourth-order valence-electron chi connectivity index (χ4n) is 2.57. The maximum absolute atomic E-state index is 12.5. The predicted molar refractivity (Wildman–Crippen MR) is 81.3 cm³/mol. The number of nitrogens with two attached hydrogens (primary N) is 1. The van der Waals surface area contributed by atoms with Crippen molar-refractivity contribution in [2.45, 2.75) is 24.8 Å². The maximum atomic E-state index is 12.5. The molecule has 0 aliphatic carbocycles. The van der Waals surface area contributed by atoms with Crippen LogP contribution in [0.1, 0.15) is 18.4 Å². The van der Waals surface area contributed by atoms with Crippen molar-refractivity contribution >= 4 is 11.9 Å². The molecule has 1 amide bonds. The molecule has 0 radical (unpaired) electrons. The van der Waals surface area contributed by atoms with Crippen LogP contribution in [0.4, 0.5) is 0 Å². The molecular weight excluding hydrogens is 284 g/mol. The van der Waals surface area contributed by atoms with Gasteiger partial charge in [-0.25, -0.2) is 4.79 Å². The molecule has 120 valence electrons. The number of morpholine rings is 1. The van der Waals surface area contributed by atoms with Crippen molar-refractivity contribution in [1.82, 2.24) is 4.90 Å². The van der Waals surface area contributed by atoms with Gasteiger partial charge in [-0.2, -0.15) is 0 Å². The summed E-state index contributed by atoms with van der Waals surface area (Å²) in [5.41, 5.74) is 5.20. The third-order valence-corrected chi connectivity index (χ3v) is 3.94. The van der Waals surface area contributed by atoms with Gasteiger partial charge >= 0.3 is 5.97 Å². The van der Waals surface area contributed by atoms with Gasteiger partial charge in [-0.15, -0.1) is 0 Å². The third kappa shape index (κ3) is 3.84. The summed E-state index contributed by atoms with van der Waals surface area (Å²) in [6.45, 7) is 1.63. The van der Waals surface area contributed by atoms with Crippen molar-refractivity contribution in [1.29, 1.82) is 0 Å². The molecule has 2 rings (SSSR count). The first-order valence-electron chi connectivity index (χ1n) is 7.47. The van der Waals surface area contributed by atoms with E-state index in [0.717, 1.165) is 5.56 Å². The molecule has 1 heterocycles. The number of hydrogen-bond acceptors (Lipinski definition) is 4. The average molecular weight is 306 g/mol. The highest BCUT2D eigenvalue weighted by Gasteiger charge is 2.44. The lowest BCUT2D eigenvalue weighted by atomic mass is 9.90. The lowest BCUT2D eigenvalue weighted by molar-refractivity contribution is -0.155. The van der Waals surface area contributed by atoms with E-state index in [9.17, 15) is 14.7 Å². The normalized spacial score (nSPS) is 17.8. The highest BCUT2D eigenvalue weighted by Crippen LogP contribution is 2.17. The Kier molecular flexibility index (Phi) is 5.51. The molecular formula is C16H22N2O4. The summed E-state index contributed by atoms with van der Waals surface area (Å²) in [5.74, 6) is -1.78. The van der Waals surface area contributed by atoms with E-state index < -0.39 is 17.4 Å². The zero-order chi connectivity index (χ0) is 16.0. The van der Waals surface area contributed by atoms with E-state index in [1.54, 1.807) is 0 Å². The fourth-order valence-corrected chi connectivity index (χ4v) is 2.57. The number of amides is 1. The molecule has 1 atom stereocenters. The van der Waals surface area contributed by atoms with E-state index in [0.29, 0.717) is 39.1 Å². The first-order valence-corrected chi connectivity index (χ1v) is 7.47. The smallest absolute Gasteiger partial charge is 0.333 e. The minimum atomic E-state index is -1.86. The van der Waals surface area contributed by atoms with Crippen LogP contribution in [-0.2, 0) is 20.7 Å². The number of aliphatic carboxylic acids is 1.